The summed E-state index contributed by atoms with van der Waals surface area (Å²) >= 11 is 0. The molecular formula is C24H31N5O2. The van der Waals surface area contributed by atoms with Crippen molar-refractivity contribution in [1.82, 2.24) is 24.8 Å². The second kappa shape index (κ2) is 8.91. The van der Waals surface area contributed by atoms with Crippen LogP contribution < -0.4 is 5.56 Å². The van der Waals surface area contributed by atoms with E-state index in [-0.39, 0.29) is 17.5 Å². The highest BCUT2D eigenvalue weighted by Crippen LogP contribution is 2.32. The van der Waals surface area contributed by atoms with Crippen molar-refractivity contribution in [3.05, 3.63) is 57.5 Å². The molecule has 0 bridgehead atoms. The topological polar surface area (TPSA) is 82.2 Å². The van der Waals surface area contributed by atoms with Crippen LogP contribution in [0.1, 0.15) is 78.4 Å². The molecular weight excluding hydrogens is 390 g/mol. The van der Waals surface area contributed by atoms with E-state index in [1.54, 1.807) is 24.5 Å². The zero-order valence-corrected chi connectivity index (χ0v) is 18.1. The molecule has 4 heterocycles. The predicted octanol–water partition coefficient (Wildman–Crippen LogP) is 3.08. The molecule has 1 N–H and O–H groups in total. The van der Waals surface area contributed by atoms with Crippen molar-refractivity contribution in [3.8, 4) is 0 Å². The highest BCUT2D eigenvalue weighted by atomic mass is 16.2. The Hall–Kier alpha value is -2.54. The number of aromatic nitrogens is 3. The molecule has 1 atom stereocenters. The molecule has 2 aromatic rings. The van der Waals surface area contributed by atoms with Crippen LogP contribution in [-0.2, 0) is 13.0 Å². The van der Waals surface area contributed by atoms with Gasteiger partial charge in [0.1, 0.15) is 5.82 Å². The Morgan fingerprint density at radius 1 is 1.13 bits per heavy atom. The van der Waals surface area contributed by atoms with Crippen molar-refractivity contribution in [2.24, 2.45) is 5.92 Å². The number of hydrogen-bond donors (Lipinski definition) is 1. The van der Waals surface area contributed by atoms with Gasteiger partial charge in [-0.15, -0.1) is 0 Å². The Kier molecular flexibility index (Phi) is 5.85. The van der Waals surface area contributed by atoms with Gasteiger partial charge in [-0.05, 0) is 50.2 Å². The Morgan fingerprint density at radius 2 is 2.00 bits per heavy atom. The van der Waals surface area contributed by atoms with E-state index in [9.17, 15) is 9.59 Å². The normalized spacial score (nSPS) is 22.5. The molecule has 7 heteroatoms. The fourth-order valence-corrected chi connectivity index (χ4v) is 5.51. The summed E-state index contributed by atoms with van der Waals surface area (Å²) < 4.78 is 0. The zero-order chi connectivity index (χ0) is 21.2. The van der Waals surface area contributed by atoms with Crippen LogP contribution in [0.2, 0.25) is 0 Å². The number of carbonyl (C=O) groups is 1. The van der Waals surface area contributed by atoms with E-state index in [1.807, 2.05) is 4.90 Å². The molecule has 1 saturated carbocycles. The molecule has 1 saturated heterocycles. The lowest BCUT2D eigenvalue weighted by Gasteiger charge is -2.33. The van der Waals surface area contributed by atoms with Gasteiger partial charge in [0.2, 0.25) is 0 Å². The van der Waals surface area contributed by atoms with E-state index in [2.05, 4.69) is 14.9 Å². The molecule has 5 rings (SSSR count). The van der Waals surface area contributed by atoms with E-state index in [1.165, 1.54) is 32.1 Å². The summed E-state index contributed by atoms with van der Waals surface area (Å²) in [6, 6.07) is 3.38. The van der Waals surface area contributed by atoms with Crippen molar-refractivity contribution >= 4 is 5.91 Å². The van der Waals surface area contributed by atoms with Crippen molar-refractivity contribution < 1.29 is 4.79 Å². The highest BCUT2D eigenvalue weighted by molar-refractivity contribution is 5.94. The van der Waals surface area contributed by atoms with Gasteiger partial charge in [-0.1, -0.05) is 19.3 Å². The number of nitrogens with one attached hydrogen (secondary N) is 1. The SMILES string of the molecule is O=C(c1cccnc1)N1CCCC1c1nc2c(c(=O)[nH]1)CCN(CC1CCCCC1)C2. The van der Waals surface area contributed by atoms with Crippen LogP contribution >= 0.6 is 0 Å². The van der Waals surface area contributed by atoms with Gasteiger partial charge >= 0.3 is 0 Å². The van der Waals surface area contributed by atoms with E-state index in [0.717, 1.165) is 56.1 Å². The highest BCUT2D eigenvalue weighted by Gasteiger charge is 2.34. The first-order chi connectivity index (χ1) is 15.2. The van der Waals surface area contributed by atoms with Crippen LogP contribution in [0.25, 0.3) is 0 Å². The van der Waals surface area contributed by atoms with Gasteiger partial charge in [0.05, 0.1) is 17.3 Å². The van der Waals surface area contributed by atoms with Crippen LogP contribution in [0, 0.1) is 5.92 Å². The average Bonchev–Trinajstić information content (AvgIpc) is 3.29. The lowest BCUT2D eigenvalue weighted by molar-refractivity contribution is 0.0728. The number of amides is 1. The van der Waals surface area contributed by atoms with Crippen LogP contribution in [0.15, 0.2) is 29.3 Å². The number of hydrogen-bond acceptors (Lipinski definition) is 5. The Bertz CT molecular complexity index is 983. The fraction of sp³-hybridized carbons (Fsp3) is 0.583. The first-order valence-electron chi connectivity index (χ1n) is 11.7. The summed E-state index contributed by atoms with van der Waals surface area (Å²) in [6.45, 7) is 3.46. The maximum Gasteiger partial charge on any atom is 0.256 e. The molecule has 3 aliphatic rings. The lowest BCUT2D eigenvalue weighted by atomic mass is 9.88. The standard InChI is InChI=1S/C24H31N5O2/c30-23-19-10-13-28(15-17-6-2-1-3-7-17)16-20(19)26-22(27-23)21-9-5-12-29(21)24(31)18-8-4-11-25-14-18/h4,8,11,14,17,21H,1-3,5-7,9-10,12-13,15-16H2,(H,26,27,30). The minimum Gasteiger partial charge on any atom is -0.328 e. The third-order valence-corrected chi connectivity index (χ3v) is 7.15. The van der Waals surface area contributed by atoms with Crippen LogP contribution in [0.5, 0.6) is 0 Å². The van der Waals surface area contributed by atoms with E-state index < -0.39 is 0 Å². The minimum atomic E-state index is -0.181. The van der Waals surface area contributed by atoms with E-state index in [0.29, 0.717) is 17.9 Å². The minimum absolute atomic E-state index is 0.0296. The Balaban J connectivity index is 1.36. The summed E-state index contributed by atoms with van der Waals surface area (Å²) in [5.74, 6) is 1.37. The second-order valence-corrected chi connectivity index (χ2v) is 9.26. The summed E-state index contributed by atoms with van der Waals surface area (Å²) in [5, 5.41) is 0. The number of likely N-dealkylation sites (tertiary alicyclic amines) is 1. The number of aromatic amines is 1. The smallest absolute Gasteiger partial charge is 0.256 e. The molecule has 164 valence electrons. The molecule has 0 aromatic carbocycles. The molecule has 2 aromatic heterocycles. The first kappa shape index (κ1) is 20.4. The monoisotopic (exact) mass is 421 g/mol. The van der Waals surface area contributed by atoms with Crippen LogP contribution in [-0.4, -0.2) is 50.3 Å². The largest absolute Gasteiger partial charge is 0.328 e. The average molecular weight is 422 g/mol. The Labute approximate surface area is 182 Å². The summed E-state index contributed by atoms with van der Waals surface area (Å²) in [7, 11) is 0. The fourth-order valence-electron chi connectivity index (χ4n) is 5.51. The maximum absolute atomic E-state index is 13.0. The third kappa shape index (κ3) is 4.28. The van der Waals surface area contributed by atoms with Gasteiger partial charge < -0.3 is 9.88 Å². The number of carbonyl (C=O) groups excluding carboxylic acids is 1. The maximum atomic E-state index is 13.0. The Morgan fingerprint density at radius 3 is 2.81 bits per heavy atom. The van der Waals surface area contributed by atoms with Gasteiger partial charge in [-0.25, -0.2) is 4.98 Å². The van der Waals surface area contributed by atoms with Gasteiger partial charge in [0.25, 0.3) is 11.5 Å². The molecule has 1 amide bonds. The number of nitrogens with zero attached hydrogens (tertiary/aromatic N) is 4. The van der Waals surface area contributed by atoms with Crippen molar-refractivity contribution in [2.75, 3.05) is 19.6 Å². The number of rotatable bonds is 4. The molecule has 7 nitrogen and oxygen atoms in total. The van der Waals surface area contributed by atoms with Gasteiger partial charge in [0, 0.05) is 44.1 Å². The summed E-state index contributed by atoms with van der Waals surface area (Å²) in [4.78, 5) is 42.2. The summed E-state index contributed by atoms with van der Waals surface area (Å²) in [5.41, 5.74) is 2.28. The summed E-state index contributed by atoms with van der Waals surface area (Å²) in [6.07, 6.45) is 12.5. The molecule has 2 aliphatic heterocycles. The van der Waals surface area contributed by atoms with Crippen LogP contribution in [0.4, 0.5) is 0 Å². The van der Waals surface area contributed by atoms with Crippen molar-refractivity contribution in [3.63, 3.8) is 0 Å². The third-order valence-electron chi connectivity index (χ3n) is 7.15. The van der Waals surface area contributed by atoms with Crippen LogP contribution in [0.3, 0.4) is 0 Å². The van der Waals surface area contributed by atoms with Crippen molar-refractivity contribution in [1.29, 1.82) is 0 Å². The number of fused-ring (bicyclic) bond motifs is 1. The molecule has 1 aliphatic carbocycles. The molecule has 1 unspecified atom stereocenters. The van der Waals surface area contributed by atoms with E-state index in [4.69, 9.17) is 4.98 Å². The zero-order valence-electron chi connectivity index (χ0n) is 18.1. The van der Waals surface area contributed by atoms with Gasteiger partial charge in [-0.3, -0.25) is 19.5 Å². The lowest BCUT2D eigenvalue weighted by Crippen LogP contribution is -2.39. The predicted molar refractivity (Wildman–Crippen MR) is 118 cm³/mol. The van der Waals surface area contributed by atoms with Gasteiger partial charge in [-0.2, -0.15) is 0 Å². The number of H-pyrrole nitrogens is 1. The first-order valence-corrected chi connectivity index (χ1v) is 11.7. The van der Waals surface area contributed by atoms with Crippen molar-refractivity contribution in [2.45, 2.75) is 64.0 Å². The quantitative estimate of drug-likeness (QED) is 0.820. The molecule has 2 fully saturated rings. The molecule has 31 heavy (non-hydrogen) atoms. The number of pyridine rings is 1. The molecule has 0 radical (unpaired) electrons. The second-order valence-electron chi connectivity index (χ2n) is 9.26. The molecule has 0 spiro atoms. The van der Waals surface area contributed by atoms with Gasteiger partial charge in [0.15, 0.2) is 0 Å². The van der Waals surface area contributed by atoms with E-state index >= 15 is 0 Å².